The lowest BCUT2D eigenvalue weighted by Crippen LogP contribution is -2.54. The Morgan fingerprint density at radius 1 is 1.38 bits per heavy atom. The van der Waals surface area contributed by atoms with Crippen molar-refractivity contribution < 1.29 is 9.53 Å². The van der Waals surface area contributed by atoms with Gasteiger partial charge in [-0.25, -0.2) is 0 Å². The van der Waals surface area contributed by atoms with Crippen LogP contribution in [0.5, 0.6) is 5.75 Å². The number of nitrogens with two attached hydrogens (primary N) is 1. The molecule has 1 aliphatic heterocycles. The number of piperidine rings is 1. The van der Waals surface area contributed by atoms with Gasteiger partial charge in [-0.05, 0) is 36.8 Å². The van der Waals surface area contributed by atoms with Crippen LogP contribution in [0.25, 0.3) is 0 Å². The summed E-state index contributed by atoms with van der Waals surface area (Å²) in [5, 5.41) is 2.94. The molecule has 1 unspecified atom stereocenters. The van der Waals surface area contributed by atoms with E-state index in [9.17, 15) is 4.79 Å². The van der Waals surface area contributed by atoms with Gasteiger partial charge < -0.3 is 15.8 Å². The zero-order valence-electron chi connectivity index (χ0n) is 15.4. The maximum absolute atomic E-state index is 12.1. The highest BCUT2D eigenvalue weighted by Gasteiger charge is 2.33. The van der Waals surface area contributed by atoms with Crippen molar-refractivity contribution in [1.82, 2.24) is 10.2 Å². The number of benzene rings is 1. The van der Waals surface area contributed by atoms with E-state index in [1.54, 1.807) is 0 Å². The van der Waals surface area contributed by atoms with Crippen LogP contribution in [-0.2, 0) is 4.79 Å². The Bertz CT molecular complexity index is 551. The number of likely N-dealkylation sites (tertiary alicyclic amines) is 1. The standard InChI is InChI=1S/C19H31N3O2/c1-14-6-5-7-15(2)18(14)24-11-9-21-17(23)12-22-10-8-16(20)19(3,4)13-22/h5-7,16H,8-13,20H2,1-4H3,(H,21,23). The first-order chi connectivity index (χ1) is 11.3. The number of rotatable bonds is 6. The largest absolute Gasteiger partial charge is 0.491 e. The highest BCUT2D eigenvalue weighted by atomic mass is 16.5. The molecular weight excluding hydrogens is 302 g/mol. The van der Waals surface area contributed by atoms with Crippen molar-refractivity contribution in [1.29, 1.82) is 0 Å². The number of nitrogens with zero attached hydrogens (tertiary/aromatic N) is 1. The molecule has 0 saturated carbocycles. The fourth-order valence-electron chi connectivity index (χ4n) is 3.25. The maximum atomic E-state index is 12.1. The summed E-state index contributed by atoms with van der Waals surface area (Å²) in [6, 6.07) is 6.29. The van der Waals surface area contributed by atoms with E-state index in [0.717, 1.165) is 36.4 Å². The molecule has 1 aromatic rings. The van der Waals surface area contributed by atoms with Gasteiger partial charge in [0.1, 0.15) is 12.4 Å². The molecule has 1 fully saturated rings. The second kappa shape index (κ2) is 7.99. The summed E-state index contributed by atoms with van der Waals surface area (Å²) < 4.78 is 5.81. The van der Waals surface area contributed by atoms with Crippen LogP contribution in [0, 0.1) is 19.3 Å². The lowest BCUT2D eigenvalue weighted by molar-refractivity contribution is -0.123. The van der Waals surface area contributed by atoms with Crippen LogP contribution in [0.3, 0.4) is 0 Å². The number of nitrogens with one attached hydrogen (secondary N) is 1. The number of aryl methyl sites for hydroxylation is 2. The van der Waals surface area contributed by atoms with Gasteiger partial charge in [-0.2, -0.15) is 0 Å². The first-order valence-electron chi connectivity index (χ1n) is 8.73. The van der Waals surface area contributed by atoms with Crippen molar-refractivity contribution in [2.24, 2.45) is 11.1 Å². The van der Waals surface area contributed by atoms with E-state index in [4.69, 9.17) is 10.5 Å². The Balaban J connectivity index is 1.70. The number of para-hydroxylation sites is 1. The van der Waals surface area contributed by atoms with Gasteiger partial charge in [-0.1, -0.05) is 32.0 Å². The summed E-state index contributed by atoms with van der Waals surface area (Å²) >= 11 is 0. The molecule has 1 aliphatic rings. The predicted molar refractivity (Wildman–Crippen MR) is 97.2 cm³/mol. The van der Waals surface area contributed by atoms with Crippen LogP contribution in [0.15, 0.2) is 18.2 Å². The van der Waals surface area contributed by atoms with Crippen LogP contribution < -0.4 is 15.8 Å². The van der Waals surface area contributed by atoms with E-state index in [1.807, 2.05) is 32.0 Å². The van der Waals surface area contributed by atoms with Crippen molar-refractivity contribution in [3.8, 4) is 5.75 Å². The lowest BCUT2D eigenvalue weighted by atomic mass is 9.80. The summed E-state index contributed by atoms with van der Waals surface area (Å²) in [4.78, 5) is 14.3. The van der Waals surface area contributed by atoms with Crippen molar-refractivity contribution in [2.45, 2.75) is 40.2 Å². The molecule has 0 bridgehead atoms. The summed E-state index contributed by atoms with van der Waals surface area (Å²) in [6.45, 7) is 11.6. The minimum atomic E-state index is 0.0476. The average molecular weight is 333 g/mol. The van der Waals surface area contributed by atoms with Gasteiger partial charge in [0.25, 0.3) is 0 Å². The number of carbonyl (C=O) groups excluding carboxylic acids is 1. The van der Waals surface area contributed by atoms with E-state index in [-0.39, 0.29) is 17.4 Å². The first-order valence-corrected chi connectivity index (χ1v) is 8.73. The first kappa shape index (κ1) is 18.7. The van der Waals surface area contributed by atoms with Gasteiger partial charge in [0.15, 0.2) is 0 Å². The van der Waals surface area contributed by atoms with Crippen LogP contribution >= 0.6 is 0 Å². The van der Waals surface area contributed by atoms with Gasteiger partial charge in [0, 0.05) is 19.1 Å². The number of hydrogen-bond donors (Lipinski definition) is 2. The van der Waals surface area contributed by atoms with Crippen LogP contribution in [0.2, 0.25) is 0 Å². The zero-order chi connectivity index (χ0) is 17.7. The third-order valence-electron chi connectivity index (χ3n) is 4.84. The Hall–Kier alpha value is -1.59. The average Bonchev–Trinajstić information content (AvgIpc) is 2.49. The van der Waals surface area contributed by atoms with E-state index in [0.29, 0.717) is 19.7 Å². The van der Waals surface area contributed by atoms with Crippen LogP contribution in [0.4, 0.5) is 0 Å². The molecule has 0 aliphatic carbocycles. The number of hydrogen-bond acceptors (Lipinski definition) is 4. The lowest BCUT2D eigenvalue weighted by Gasteiger charge is -2.42. The highest BCUT2D eigenvalue weighted by molar-refractivity contribution is 5.78. The number of carbonyl (C=O) groups is 1. The van der Waals surface area contributed by atoms with Crippen molar-refractivity contribution in [2.75, 3.05) is 32.8 Å². The quantitative estimate of drug-likeness (QED) is 0.780. The van der Waals surface area contributed by atoms with Gasteiger partial charge in [0.2, 0.25) is 5.91 Å². The van der Waals surface area contributed by atoms with Crippen molar-refractivity contribution in [3.05, 3.63) is 29.3 Å². The van der Waals surface area contributed by atoms with Crippen LogP contribution in [-0.4, -0.2) is 49.6 Å². The molecule has 3 N–H and O–H groups in total. The van der Waals surface area contributed by atoms with E-state index in [2.05, 4.69) is 24.1 Å². The molecular formula is C19H31N3O2. The minimum absolute atomic E-state index is 0.0476. The molecule has 5 nitrogen and oxygen atoms in total. The summed E-state index contributed by atoms with van der Waals surface area (Å²) in [6.07, 6.45) is 0.940. The third-order valence-corrected chi connectivity index (χ3v) is 4.84. The molecule has 1 heterocycles. The number of ether oxygens (including phenoxy) is 1. The van der Waals surface area contributed by atoms with Gasteiger partial charge >= 0.3 is 0 Å². The monoisotopic (exact) mass is 333 g/mol. The molecule has 0 spiro atoms. The van der Waals surface area contributed by atoms with Gasteiger partial charge in [-0.3, -0.25) is 9.69 Å². The molecule has 1 amide bonds. The Morgan fingerprint density at radius 2 is 2.04 bits per heavy atom. The molecule has 1 atom stereocenters. The topological polar surface area (TPSA) is 67.6 Å². The molecule has 1 saturated heterocycles. The normalized spacial score (nSPS) is 20.6. The SMILES string of the molecule is Cc1cccc(C)c1OCCNC(=O)CN1CCC(N)C(C)(C)C1. The molecule has 134 valence electrons. The second-order valence-electron chi connectivity index (χ2n) is 7.51. The number of amides is 1. The highest BCUT2D eigenvalue weighted by Crippen LogP contribution is 2.27. The van der Waals surface area contributed by atoms with Crippen molar-refractivity contribution >= 4 is 5.91 Å². The van der Waals surface area contributed by atoms with Gasteiger partial charge in [0.05, 0.1) is 13.1 Å². The fraction of sp³-hybridized carbons (Fsp3) is 0.632. The molecule has 0 radical (unpaired) electrons. The van der Waals surface area contributed by atoms with E-state index in [1.165, 1.54) is 0 Å². The second-order valence-corrected chi connectivity index (χ2v) is 7.51. The van der Waals surface area contributed by atoms with Crippen molar-refractivity contribution in [3.63, 3.8) is 0 Å². The van der Waals surface area contributed by atoms with Gasteiger partial charge in [-0.15, -0.1) is 0 Å². The molecule has 2 rings (SSSR count). The minimum Gasteiger partial charge on any atom is -0.491 e. The summed E-state index contributed by atoms with van der Waals surface area (Å²) in [5.74, 6) is 0.963. The Labute approximate surface area is 145 Å². The Morgan fingerprint density at radius 3 is 2.67 bits per heavy atom. The molecule has 1 aromatic carbocycles. The third kappa shape index (κ3) is 4.95. The molecule has 24 heavy (non-hydrogen) atoms. The summed E-state index contributed by atoms with van der Waals surface area (Å²) in [5.41, 5.74) is 8.44. The molecule has 0 aromatic heterocycles. The Kier molecular flexibility index (Phi) is 6.24. The van der Waals surface area contributed by atoms with E-state index >= 15 is 0 Å². The summed E-state index contributed by atoms with van der Waals surface area (Å²) in [7, 11) is 0. The molecule has 5 heteroatoms. The smallest absolute Gasteiger partial charge is 0.234 e. The fourth-order valence-corrected chi connectivity index (χ4v) is 3.25. The zero-order valence-corrected chi connectivity index (χ0v) is 15.4. The maximum Gasteiger partial charge on any atom is 0.234 e. The van der Waals surface area contributed by atoms with E-state index < -0.39 is 0 Å². The van der Waals surface area contributed by atoms with Crippen LogP contribution in [0.1, 0.15) is 31.4 Å². The predicted octanol–water partition coefficient (Wildman–Crippen LogP) is 1.86.